The van der Waals surface area contributed by atoms with Gasteiger partial charge in [-0.3, -0.25) is 10.1 Å². The van der Waals surface area contributed by atoms with Crippen LogP contribution in [0.4, 0.5) is 10.1 Å². The van der Waals surface area contributed by atoms with Gasteiger partial charge in [0.05, 0.1) is 4.92 Å². The van der Waals surface area contributed by atoms with Crippen LogP contribution in [0, 0.1) is 15.9 Å². The molecule has 20 heavy (non-hydrogen) atoms. The van der Waals surface area contributed by atoms with Crippen LogP contribution in [-0.2, 0) is 6.42 Å². The normalized spacial score (nSPS) is 12.2. The Hall–Kier alpha value is -1.79. The third-order valence-electron chi connectivity index (χ3n) is 2.99. The summed E-state index contributed by atoms with van der Waals surface area (Å²) in [5.74, 6) is -0.426. The number of hydrogen-bond acceptors (Lipinski definition) is 3. The molecule has 4 nitrogen and oxygen atoms in total. The maximum absolute atomic E-state index is 13.8. The Morgan fingerprint density at radius 1 is 1.30 bits per heavy atom. The molecule has 0 spiro atoms. The minimum Gasteiger partial charge on any atom is -0.324 e. The van der Waals surface area contributed by atoms with E-state index in [1.807, 2.05) is 0 Å². The third kappa shape index (κ3) is 3.20. The van der Waals surface area contributed by atoms with E-state index in [-0.39, 0.29) is 12.1 Å². The molecular weight excluding hydrogens is 327 g/mol. The molecule has 0 bridgehead atoms. The van der Waals surface area contributed by atoms with E-state index in [0.29, 0.717) is 15.6 Å². The number of nitrogens with two attached hydrogens (primary N) is 1. The first-order valence-corrected chi connectivity index (χ1v) is 6.71. The standard InChI is InChI=1S/C14H12BrFN2O2/c15-10-5-6-11(12(16)8-10)13(17)7-9-3-1-2-4-14(9)18(19)20/h1-6,8,13H,7,17H2. The first kappa shape index (κ1) is 14.6. The maximum atomic E-state index is 13.8. The van der Waals surface area contributed by atoms with E-state index in [0.717, 1.165) is 0 Å². The molecule has 0 aliphatic heterocycles. The molecule has 2 aromatic carbocycles. The number of rotatable bonds is 4. The molecule has 0 amide bonds. The fourth-order valence-electron chi connectivity index (χ4n) is 2.01. The van der Waals surface area contributed by atoms with Crippen molar-refractivity contribution in [3.63, 3.8) is 0 Å². The highest BCUT2D eigenvalue weighted by Gasteiger charge is 2.18. The summed E-state index contributed by atoms with van der Waals surface area (Å²) in [6.07, 6.45) is 0.204. The lowest BCUT2D eigenvalue weighted by Crippen LogP contribution is -2.15. The molecule has 2 N–H and O–H groups in total. The number of para-hydroxylation sites is 1. The summed E-state index contributed by atoms with van der Waals surface area (Å²) in [7, 11) is 0. The van der Waals surface area contributed by atoms with Gasteiger partial charge in [-0.25, -0.2) is 4.39 Å². The van der Waals surface area contributed by atoms with Crippen LogP contribution in [0.1, 0.15) is 17.2 Å². The van der Waals surface area contributed by atoms with Crippen molar-refractivity contribution in [3.05, 3.63) is 74.0 Å². The van der Waals surface area contributed by atoms with Gasteiger partial charge >= 0.3 is 0 Å². The van der Waals surface area contributed by atoms with Crippen molar-refractivity contribution in [2.45, 2.75) is 12.5 Å². The lowest BCUT2D eigenvalue weighted by atomic mass is 9.98. The van der Waals surface area contributed by atoms with Gasteiger partial charge in [0, 0.05) is 27.7 Å². The number of nitrogens with zero attached hydrogens (tertiary/aromatic N) is 1. The van der Waals surface area contributed by atoms with Crippen LogP contribution in [0.3, 0.4) is 0 Å². The molecule has 2 aromatic rings. The number of benzene rings is 2. The second kappa shape index (κ2) is 6.11. The first-order chi connectivity index (χ1) is 9.49. The summed E-state index contributed by atoms with van der Waals surface area (Å²) in [6.45, 7) is 0. The Morgan fingerprint density at radius 3 is 2.65 bits per heavy atom. The molecule has 0 saturated heterocycles. The van der Waals surface area contributed by atoms with Crippen LogP contribution in [-0.4, -0.2) is 4.92 Å². The van der Waals surface area contributed by atoms with Gasteiger partial charge in [-0.05, 0) is 18.6 Å². The second-order valence-corrected chi connectivity index (χ2v) is 5.28. The molecule has 0 radical (unpaired) electrons. The Balaban J connectivity index is 2.28. The van der Waals surface area contributed by atoms with Crippen LogP contribution >= 0.6 is 15.9 Å². The first-order valence-electron chi connectivity index (χ1n) is 5.92. The van der Waals surface area contributed by atoms with Gasteiger partial charge in [0.15, 0.2) is 0 Å². The lowest BCUT2D eigenvalue weighted by Gasteiger charge is -2.13. The van der Waals surface area contributed by atoms with Crippen molar-refractivity contribution < 1.29 is 9.31 Å². The molecule has 2 rings (SSSR count). The highest BCUT2D eigenvalue weighted by atomic mass is 79.9. The Bertz CT molecular complexity index is 649. The number of nitro groups is 1. The largest absolute Gasteiger partial charge is 0.324 e. The molecule has 104 valence electrons. The van der Waals surface area contributed by atoms with Gasteiger partial charge < -0.3 is 5.73 Å². The molecule has 0 heterocycles. The van der Waals surface area contributed by atoms with Gasteiger partial charge in [0.2, 0.25) is 0 Å². The highest BCUT2D eigenvalue weighted by molar-refractivity contribution is 9.10. The fraction of sp³-hybridized carbons (Fsp3) is 0.143. The minimum atomic E-state index is -0.635. The molecule has 0 saturated carbocycles. The molecule has 0 aliphatic rings. The van der Waals surface area contributed by atoms with Crippen molar-refractivity contribution in [3.8, 4) is 0 Å². The summed E-state index contributed by atoms with van der Waals surface area (Å²) < 4.78 is 14.4. The summed E-state index contributed by atoms with van der Waals surface area (Å²) >= 11 is 3.17. The summed E-state index contributed by atoms with van der Waals surface area (Å²) in [5, 5.41) is 10.9. The third-order valence-corrected chi connectivity index (χ3v) is 3.48. The minimum absolute atomic E-state index is 0.000435. The topological polar surface area (TPSA) is 69.2 Å². The maximum Gasteiger partial charge on any atom is 0.272 e. The molecule has 1 unspecified atom stereocenters. The Kier molecular flexibility index (Phi) is 4.46. The predicted octanol–water partition coefficient (Wildman–Crippen LogP) is 3.74. The van der Waals surface area contributed by atoms with Crippen molar-refractivity contribution in [1.29, 1.82) is 0 Å². The van der Waals surface area contributed by atoms with E-state index < -0.39 is 16.8 Å². The summed E-state index contributed by atoms with van der Waals surface area (Å²) in [6, 6.07) is 10.3. The molecule has 0 aliphatic carbocycles. The zero-order chi connectivity index (χ0) is 14.7. The van der Waals surface area contributed by atoms with Gasteiger partial charge in [-0.1, -0.05) is 40.2 Å². The highest BCUT2D eigenvalue weighted by Crippen LogP contribution is 2.26. The predicted molar refractivity (Wildman–Crippen MR) is 77.8 cm³/mol. The van der Waals surface area contributed by atoms with Crippen molar-refractivity contribution in [1.82, 2.24) is 0 Å². The average molecular weight is 339 g/mol. The van der Waals surface area contributed by atoms with Crippen LogP contribution in [0.2, 0.25) is 0 Å². The number of hydrogen-bond donors (Lipinski definition) is 1. The number of halogens is 2. The number of nitro benzene ring substituents is 1. The average Bonchev–Trinajstić information content (AvgIpc) is 2.38. The van der Waals surface area contributed by atoms with Gasteiger partial charge in [0.1, 0.15) is 5.82 Å². The summed E-state index contributed by atoms with van der Waals surface area (Å²) in [5.41, 5.74) is 6.80. The van der Waals surface area contributed by atoms with Crippen LogP contribution in [0.15, 0.2) is 46.9 Å². The van der Waals surface area contributed by atoms with E-state index in [1.54, 1.807) is 30.3 Å². The molecule has 0 fully saturated rings. The zero-order valence-electron chi connectivity index (χ0n) is 10.4. The zero-order valence-corrected chi connectivity index (χ0v) is 12.0. The lowest BCUT2D eigenvalue weighted by molar-refractivity contribution is -0.385. The Labute approximate surface area is 123 Å². The van der Waals surface area contributed by atoms with Crippen molar-refractivity contribution in [2.75, 3.05) is 0 Å². The van der Waals surface area contributed by atoms with E-state index in [9.17, 15) is 14.5 Å². The van der Waals surface area contributed by atoms with Gasteiger partial charge in [0.25, 0.3) is 5.69 Å². The quantitative estimate of drug-likeness (QED) is 0.681. The molecule has 6 heteroatoms. The van der Waals surface area contributed by atoms with E-state index in [4.69, 9.17) is 5.73 Å². The van der Waals surface area contributed by atoms with Crippen LogP contribution < -0.4 is 5.73 Å². The summed E-state index contributed by atoms with van der Waals surface area (Å²) in [4.78, 5) is 10.5. The van der Waals surface area contributed by atoms with Crippen molar-refractivity contribution >= 4 is 21.6 Å². The molecular formula is C14H12BrFN2O2. The second-order valence-electron chi connectivity index (χ2n) is 4.36. The van der Waals surface area contributed by atoms with Crippen molar-refractivity contribution in [2.24, 2.45) is 5.73 Å². The Morgan fingerprint density at radius 2 is 2.00 bits per heavy atom. The molecule has 1 atom stereocenters. The van der Waals surface area contributed by atoms with Gasteiger partial charge in [-0.2, -0.15) is 0 Å². The smallest absolute Gasteiger partial charge is 0.272 e. The van der Waals surface area contributed by atoms with E-state index in [1.165, 1.54) is 12.1 Å². The SMILES string of the molecule is NC(Cc1ccccc1[N+](=O)[O-])c1ccc(Br)cc1F. The van der Waals surface area contributed by atoms with Gasteiger partial charge in [-0.15, -0.1) is 0 Å². The van der Waals surface area contributed by atoms with Crippen LogP contribution in [0.25, 0.3) is 0 Å². The molecule has 0 aromatic heterocycles. The fourth-order valence-corrected chi connectivity index (χ4v) is 2.34. The van der Waals surface area contributed by atoms with Crippen LogP contribution in [0.5, 0.6) is 0 Å². The monoisotopic (exact) mass is 338 g/mol. The van der Waals surface area contributed by atoms with E-state index in [2.05, 4.69) is 15.9 Å². The van der Waals surface area contributed by atoms with E-state index >= 15 is 0 Å².